The van der Waals surface area contributed by atoms with Crippen molar-refractivity contribution >= 4 is 38.7 Å². The maximum Gasteiger partial charge on any atom is 0.272 e. The molecule has 2 aromatic heterocycles. The third kappa shape index (κ3) is 3.72. The number of aryl methyl sites for hydroxylation is 1. The fourth-order valence-corrected chi connectivity index (χ4v) is 4.14. The predicted octanol–water partition coefficient (Wildman–Crippen LogP) is 3.64. The van der Waals surface area contributed by atoms with Gasteiger partial charge in [0.25, 0.3) is 10.0 Å². The van der Waals surface area contributed by atoms with Crippen LogP contribution in [0.3, 0.4) is 0 Å². The van der Waals surface area contributed by atoms with Crippen molar-refractivity contribution in [2.24, 2.45) is 0 Å². The summed E-state index contributed by atoms with van der Waals surface area (Å²) in [4.78, 5) is 0. The maximum absolute atomic E-state index is 12.1. The Kier molecular flexibility index (Phi) is 4.77. The van der Waals surface area contributed by atoms with E-state index in [9.17, 15) is 8.42 Å². The van der Waals surface area contributed by atoms with Crippen molar-refractivity contribution in [1.82, 2.24) is 10.2 Å². The molecular formula is C16H16N4O2S2. The number of para-hydroxylation sites is 1. The van der Waals surface area contributed by atoms with Crippen LogP contribution in [0.4, 0.5) is 17.3 Å². The van der Waals surface area contributed by atoms with Crippen molar-refractivity contribution < 1.29 is 8.42 Å². The Morgan fingerprint density at radius 3 is 2.42 bits per heavy atom. The van der Waals surface area contributed by atoms with Crippen molar-refractivity contribution in [2.45, 2.75) is 17.6 Å². The number of anilines is 3. The monoisotopic (exact) mass is 360 g/mol. The summed E-state index contributed by atoms with van der Waals surface area (Å²) in [5, 5.41) is 12.9. The van der Waals surface area contributed by atoms with E-state index in [0.29, 0.717) is 5.82 Å². The molecule has 0 aliphatic rings. The first kappa shape index (κ1) is 16.4. The quantitative estimate of drug-likeness (QED) is 0.701. The molecule has 0 aliphatic carbocycles. The summed E-state index contributed by atoms with van der Waals surface area (Å²) in [7, 11) is -3.61. The number of benzene rings is 1. The second-order valence-corrected chi connectivity index (χ2v) is 7.83. The summed E-state index contributed by atoms with van der Waals surface area (Å²) in [5.74, 6) is 0.729. The van der Waals surface area contributed by atoms with Crippen molar-refractivity contribution in [1.29, 1.82) is 0 Å². The van der Waals surface area contributed by atoms with E-state index in [4.69, 9.17) is 0 Å². The third-order valence-corrected chi connectivity index (χ3v) is 6.08. The number of rotatable bonds is 6. The SMILES string of the molecule is CCc1ccccc1Nc1ccc(NS(=O)(=O)c2cccs2)nn1. The molecule has 124 valence electrons. The Morgan fingerprint density at radius 2 is 1.75 bits per heavy atom. The number of sulfonamides is 1. The highest BCUT2D eigenvalue weighted by Gasteiger charge is 2.16. The van der Waals surface area contributed by atoms with E-state index < -0.39 is 10.0 Å². The van der Waals surface area contributed by atoms with Crippen molar-refractivity contribution in [3.63, 3.8) is 0 Å². The van der Waals surface area contributed by atoms with E-state index in [2.05, 4.69) is 27.2 Å². The Balaban J connectivity index is 1.74. The molecule has 0 amide bonds. The van der Waals surface area contributed by atoms with Crippen LogP contribution in [0.1, 0.15) is 12.5 Å². The fraction of sp³-hybridized carbons (Fsp3) is 0.125. The van der Waals surface area contributed by atoms with Crippen molar-refractivity contribution in [2.75, 3.05) is 10.0 Å². The zero-order valence-electron chi connectivity index (χ0n) is 12.9. The highest BCUT2D eigenvalue weighted by molar-refractivity contribution is 7.94. The van der Waals surface area contributed by atoms with E-state index in [1.807, 2.05) is 24.3 Å². The number of nitrogens with zero attached hydrogens (tertiary/aromatic N) is 2. The van der Waals surface area contributed by atoms with Crippen molar-refractivity contribution in [3.05, 3.63) is 59.5 Å². The van der Waals surface area contributed by atoms with Crippen LogP contribution in [0.5, 0.6) is 0 Å². The Hall–Kier alpha value is -2.45. The van der Waals surface area contributed by atoms with Crippen LogP contribution < -0.4 is 10.0 Å². The zero-order chi connectivity index (χ0) is 17.0. The first-order chi connectivity index (χ1) is 11.6. The predicted molar refractivity (Wildman–Crippen MR) is 96.3 cm³/mol. The number of hydrogen-bond donors (Lipinski definition) is 2. The zero-order valence-corrected chi connectivity index (χ0v) is 14.6. The van der Waals surface area contributed by atoms with Gasteiger partial charge in [-0.05, 0) is 41.6 Å². The summed E-state index contributed by atoms with van der Waals surface area (Å²) in [6.45, 7) is 2.08. The molecule has 3 rings (SSSR count). The maximum atomic E-state index is 12.1. The smallest absolute Gasteiger partial charge is 0.272 e. The molecule has 8 heteroatoms. The minimum absolute atomic E-state index is 0.178. The van der Waals surface area contributed by atoms with Gasteiger partial charge in [0.15, 0.2) is 11.6 Å². The van der Waals surface area contributed by atoms with Gasteiger partial charge in [-0.1, -0.05) is 31.2 Å². The van der Waals surface area contributed by atoms with E-state index >= 15 is 0 Å². The molecule has 0 spiro atoms. The standard InChI is InChI=1S/C16H16N4O2S2/c1-2-12-6-3-4-7-13(12)17-14-9-10-15(19-18-14)20-24(21,22)16-8-5-11-23-16/h3-11H,2H2,1H3,(H,17,18)(H,19,20). The Morgan fingerprint density at radius 1 is 1.00 bits per heavy atom. The van der Waals surface area contributed by atoms with Crippen LogP contribution in [0.2, 0.25) is 0 Å². The second kappa shape index (κ2) is 6.98. The first-order valence-electron chi connectivity index (χ1n) is 7.33. The van der Waals surface area contributed by atoms with Gasteiger partial charge in [-0.3, -0.25) is 4.72 Å². The molecular weight excluding hydrogens is 344 g/mol. The highest BCUT2D eigenvalue weighted by atomic mass is 32.2. The lowest BCUT2D eigenvalue weighted by Gasteiger charge is -2.10. The van der Waals surface area contributed by atoms with Gasteiger partial charge in [0.1, 0.15) is 4.21 Å². The molecule has 2 heterocycles. The molecule has 1 aromatic carbocycles. The molecule has 0 radical (unpaired) electrons. The molecule has 2 N–H and O–H groups in total. The van der Waals surface area contributed by atoms with Gasteiger partial charge in [-0.15, -0.1) is 21.5 Å². The lowest BCUT2D eigenvalue weighted by atomic mass is 10.1. The summed E-state index contributed by atoms with van der Waals surface area (Å²) < 4.78 is 26.9. The average Bonchev–Trinajstić information content (AvgIpc) is 3.12. The van der Waals surface area contributed by atoms with Gasteiger partial charge in [0, 0.05) is 5.69 Å². The molecule has 0 atom stereocenters. The molecule has 0 fully saturated rings. The molecule has 0 saturated carbocycles. The van der Waals surface area contributed by atoms with Crippen LogP contribution in [0, 0.1) is 0 Å². The molecule has 0 unspecified atom stereocenters. The van der Waals surface area contributed by atoms with Crippen LogP contribution in [0.15, 0.2) is 58.1 Å². The molecule has 0 bridgehead atoms. The number of thiophene rings is 1. The van der Waals surface area contributed by atoms with Crippen LogP contribution in [0.25, 0.3) is 0 Å². The van der Waals surface area contributed by atoms with Gasteiger partial charge in [0.05, 0.1) is 0 Å². The number of aromatic nitrogens is 2. The topological polar surface area (TPSA) is 84.0 Å². The minimum Gasteiger partial charge on any atom is -0.339 e. The van der Waals surface area contributed by atoms with Gasteiger partial charge < -0.3 is 5.32 Å². The Bertz CT molecular complexity index is 908. The fourth-order valence-electron chi connectivity index (χ4n) is 2.15. The molecule has 0 aliphatic heterocycles. The Labute approximate surface area is 144 Å². The third-order valence-electron chi connectivity index (χ3n) is 3.32. The molecule has 0 saturated heterocycles. The molecule has 3 aromatic rings. The van der Waals surface area contributed by atoms with Gasteiger partial charge >= 0.3 is 0 Å². The molecule has 24 heavy (non-hydrogen) atoms. The number of nitrogens with one attached hydrogen (secondary N) is 2. The van der Waals surface area contributed by atoms with Crippen LogP contribution >= 0.6 is 11.3 Å². The van der Waals surface area contributed by atoms with E-state index in [1.165, 1.54) is 11.6 Å². The van der Waals surface area contributed by atoms with Gasteiger partial charge in [-0.25, -0.2) is 8.42 Å². The summed E-state index contributed by atoms with van der Waals surface area (Å²) in [6.07, 6.45) is 0.898. The lowest BCUT2D eigenvalue weighted by Crippen LogP contribution is -2.13. The highest BCUT2D eigenvalue weighted by Crippen LogP contribution is 2.21. The molecule has 6 nitrogen and oxygen atoms in total. The van der Waals surface area contributed by atoms with E-state index in [1.54, 1.807) is 23.6 Å². The van der Waals surface area contributed by atoms with E-state index in [0.717, 1.165) is 23.4 Å². The summed E-state index contributed by atoms with van der Waals surface area (Å²) >= 11 is 1.15. The summed E-state index contributed by atoms with van der Waals surface area (Å²) in [5.41, 5.74) is 2.13. The normalized spacial score (nSPS) is 11.2. The van der Waals surface area contributed by atoms with Crippen LogP contribution in [-0.2, 0) is 16.4 Å². The lowest BCUT2D eigenvalue weighted by molar-refractivity contribution is 0.603. The van der Waals surface area contributed by atoms with E-state index in [-0.39, 0.29) is 10.0 Å². The summed E-state index contributed by atoms with van der Waals surface area (Å²) in [6, 6.07) is 14.4. The second-order valence-electron chi connectivity index (χ2n) is 4.98. The van der Waals surface area contributed by atoms with Gasteiger partial charge in [0.2, 0.25) is 0 Å². The van der Waals surface area contributed by atoms with Crippen LogP contribution in [-0.4, -0.2) is 18.6 Å². The van der Waals surface area contributed by atoms with Gasteiger partial charge in [-0.2, -0.15) is 0 Å². The first-order valence-corrected chi connectivity index (χ1v) is 9.70. The minimum atomic E-state index is -3.61. The number of hydrogen-bond acceptors (Lipinski definition) is 6. The van der Waals surface area contributed by atoms with Crippen molar-refractivity contribution in [3.8, 4) is 0 Å². The largest absolute Gasteiger partial charge is 0.339 e. The average molecular weight is 360 g/mol.